The second-order valence-corrected chi connectivity index (χ2v) is 5.93. The molecule has 0 aromatic carbocycles. The van der Waals surface area contributed by atoms with Gasteiger partial charge in [-0.25, -0.2) is 0 Å². The van der Waals surface area contributed by atoms with E-state index in [1.54, 1.807) is 0 Å². The Morgan fingerprint density at radius 3 is 2.71 bits per heavy atom. The first-order valence-corrected chi connectivity index (χ1v) is 8.07. The molecule has 1 amide bonds. The third kappa shape index (κ3) is 6.81. The van der Waals surface area contributed by atoms with Crippen molar-refractivity contribution in [3.8, 4) is 0 Å². The van der Waals surface area contributed by atoms with Gasteiger partial charge >= 0.3 is 0 Å². The van der Waals surface area contributed by atoms with Gasteiger partial charge in [-0.1, -0.05) is 37.3 Å². The Bertz CT molecular complexity index is 339. The molecule has 1 saturated carbocycles. The predicted molar refractivity (Wildman–Crippen MR) is 87.9 cm³/mol. The molecule has 1 unspecified atom stereocenters. The third-order valence-corrected chi connectivity index (χ3v) is 4.22. The number of rotatable bonds is 5. The van der Waals surface area contributed by atoms with E-state index >= 15 is 0 Å². The highest BCUT2D eigenvalue weighted by atomic mass is 35.5. The van der Waals surface area contributed by atoms with Gasteiger partial charge in [-0.05, 0) is 32.7 Å². The highest BCUT2D eigenvalue weighted by molar-refractivity contribution is 5.85. The molecule has 2 rings (SSSR count). The highest BCUT2D eigenvalue weighted by Gasteiger charge is 2.20. The number of amides is 1. The van der Waals surface area contributed by atoms with Gasteiger partial charge in [0.05, 0.1) is 6.10 Å². The van der Waals surface area contributed by atoms with E-state index in [4.69, 9.17) is 4.74 Å². The molecule has 2 N–H and O–H groups in total. The smallest absolute Gasteiger partial charge is 0.249 e. The summed E-state index contributed by atoms with van der Waals surface area (Å²) in [5.74, 6) is 0.0219. The van der Waals surface area contributed by atoms with Crippen molar-refractivity contribution < 1.29 is 9.53 Å². The minimum atomic E-state index is -0.333. The Morgan fingerprint density at radius 2 is 2.10 bits per heavy atom. The van der Waals surface area contributed by atoms with E-state index in [9.17, 15) is 4.79 Å². The van der Waals surface area contributed by atoms with Crippen LogP contribution in [-0.4, -0.2) is 37.7 Å². The molecular formula is C16H29ClN2O2. The van der Waals surface area contributed by atoms with Crippen LogP contribution in [0.4, 0.5) is 0 Å². The van der Waals surface area contributed by atoms with Crippen LogP contribution in [0.25, 0.3) is 0 Å². The van der Waals surface area contributed by atoms with Crippen molar-refractivity contribution >= 4 is 18.3 Å². The van der Waals surface area contributed by atoms with Gasteiger partial charge in [0.1, 0.15) is 6.10 Å². The van der Waals surface area contributed by atoms with Crippen molar-refractivity contribution in [2.45, 2.75) is 64.1 Å². The molecule has 21 heavy (non-hydrogen) atoms. The molecular weight excluding hydrogens is 288 g/mol. The van der Waals surface area contributed by atoms with E-state index in [0.29, 0.717) is 6.54 Å². The molecule has 0 aromatic rings. The van der Waals surface area contributed by atoms with Crippen LogP contribution < -0.4 is 10.6 Å². The van der Waals surface area contributed by atoms with Crippen LogP contribution >= 0.6 is 12.4 Å². The molecule has 1 atom stereocenters. The van der Waals surface area contributed by atoms with Crippen LogP contribution in [-0.2, 0) is 9.53 Å². The number of hydrogen-bond acceptors (Lipinski definition) is 3. The topological polar surface area (TPSA) is 50.4 Å². The number of hydrogen-bond donors (Lipinski definition) is 2. The van der Waals surface area contributed by atoms with Crippen LogP contribution in [0.3, 0.4) is 0 Å². The monoisotopic (exact) mass is 316 g/mol. The summed E-state index contributed by atoms with van der Waals surface area (Å²) in [5, 5.41) is 6.27. The van der Waals surface area contributed by atoms with Crippen LogP contribution in [0.5, 0.6) is 0 Å². The van der Waals surface area contributed by atoms with E-state index in [-0.39, 0.29) is 30.5 Å². The zero-order valence-corrected chi connectivity index (χ0v) is 13.8. The summed E-state index contributed by atoms with van der Waals surface area (Å²) < 4.78 is 5.93. The first-order valence-electron chi connectivity index (χ1n) is 8.07. The van der Waals surface area contributed by atoms with E-state index in [1.807, 2.05) is 6.92 Å². The standard InChI is InChI=1S/C16H28N2O2.ClH/c1-13(20-15-6-4-2-3-5-7-15)16(19)18-12-14-8-10-17-11-9-14;/h8,13,15,17H,2-7,9-12H2,1H3,(H,18,19);1H. The number of carbonyl (C=O) groups is 1. The van der Waals surface area contributed by atoms with E-state index in [0.717, 1.165) is 32.4 Å². The Labute approximate surface area is 134 Å². The van der Waals surface area contributed by atoms with Crippen molar-refractivity contribution in [1.29, 1.82) is 0 Å². The fourth-order valence-electron chi connectivity index (χ4n) is 2.90. The summed E-state index contributed by atoms with van der Waals surface area (Å²) in [6.07, 6.45) is 10.4. The maximum absolute atomic E-state index is 12.1. The Kier molecular flexibility index (Phi) is 8.97. The molecule has 0 bridgehead atoms. The van der Waals surface area contributed by atoms with Gasteiger partial charge in [0.25, 0.3) is 0 Å². The Balaban J connectivity index is 0.00000220. The van der Waals surface area contributed by atoms with Gasteiger partial charge in [-0.15, -0.1) is 12.4 Å². The van der Waals surface area contributed by atoms with Gasteiger partial charge in [0.2, 0.25) is 5.91 Å². The lowest BCUT2D eigenvalue weighted by atomic mass is 10.1. The molecule has 0 radical (unpaired) electrons. The average molecular weight is 317 g/mol. The average Bonchev–Trinajstić information content (AvgIpc) is 2.74. The lowest BCUT2D eigenvalue weighted by molar-refractivity contribution is -0.135. The second-order valence-electron chi connectivity index (χ2n) is 5.93. The number of halogens is 1. The summed E-state index contributed by atoms with van der Waals surface area (Å²) in [7, 11) is 0. The van der Waals surface area contributed by atoms with Crippen LogP contribution in [0, 0.1) is 0 Å². The molecule has 1 fully saturated rings. The lowest BCUT2D eigenvalue weighted by Crippen LogP contribution is -2.38. The molecule has 5 heteroatoms. The molecule has 4 nitrogen and oxygen atoms in total. The highest BCUT2D eigenvalue weighted by Crippen LogP contribution is 2.20. The van der Waals surface area contributed by atoms with E-state index in [2.05, 4.69) is 16.7 Å². The number of carbonyl (C=O) groups excluding carboxylic acids is 1. The van der Waals surface area contributed by atoms with Gasteiger partial charge < -0.3 is 15.4 Å². The van der Waals surface area contributed by atoms with E-state index < -0.39 is 0 Å². The van der Waals surface area contributed by atoms with Crippen LogP contribution in [0.1, 0.15) is 51.9 Å². The maximum Gasteiger partial charge on any atom is 0.249 e. The first-order chi connectivity index (χ1) is 9.75. The van der Waals surface area contributed by atoms with Crippen molar-refractivity contribution in [2.75, 3.05) is 19.6 Å². The molecule has 0 spiro atoms. The molecule has 1 aliphatic carbocycles. The van der Waals surface area contributed by atoms with Gasteiger partial charge in [-0.3, -0.25) is 4.79 Å². The van der Waals surface area contributed by atoms with Crippen molar-refractivity contribution in [3.63, 3.8) is 0 Å². The molecule has 122 valence electrons. The lowest BCUT2D eigenvalue weighted by Gasteiger charge is -2.21. The Hall–Kier alpha value is -0.580. The van der Waals surface area contributed by atoms with Gasteiger partial charge in [0.15, 0.2) is 0 Å². The largest absolute Gasteiger partial charge is 0.365 e. The summed E-state index contributed by atoms with van der Waals surface area (Å²) >= 11 is 0. The van der Waals surface area contributed by atoms with Crippen molar-refractivity contribution in [3.05, 3.63) is 11.6 Å². The zero-order valence-electron chi connectivity index (χ0n) is 13.0. The maximum atomic E-state index is 12.1. The summed E-state index contributed by atoms with van der Waals surface area (Å²) in [4.78, 5) is 12.1. The molecule has 0 aromatic heterocycles. The molecule has 1 heterocycles. The number of nitrogens with one attached hydrogen (secondary N) is 2. The van der Waals surface area contributed by atoms with Crippen LogP contribution in [0.2, 0.25) is 0 Å². The summed E-state index contributed by atoms with van der Waals surface area (Å²) in [5.41, 5.74) is 1.32. The van der Waals surface area contributed by atoms with Crippen LogP contribution in [0.15, 0.2) is 11.6 Å². The fourth-order valence-corrected chi connectivity index (χ4v) is 2.90. The predicted octanol–water partition coefficient (Wildman–Crippen LogP) is 2.57. The van der Waals surface area contributed by atoms with E-state index in [1.165, 1.54) is 31.3 Å². The van der Waals surface area contributed by atoms with Gasteiger partial charge in [-0.2, -0.15) is 0 Å². The minimum Gasteiger partial charge on any atom is -0.365 e. The molecule has 0 saturated heterocycles. The normalized spacial score (nSPS) is 21.7. The van der Waals surface area contributed by atoms with Crippen molar-refractivity contribution in [1.82, 2.24) is 10.6 Å². The summed E-state index contributed by atoms with van der Waals surface area (Å²) in [6, 6.07) is 0. The zero-order chi connectivity index (χ0) is 14.2. The third-order valence-electron chi connectivity index (χ3n) is 4.22. The number of ether oxygens (including phenoxy) is 1. The molecule has 1 aliphatic heterocycles. The van der Waals surface area contributed by atoms with Gasteiger partial charge in [0, 0.05) is 13.1 Å². The molecule has 2 aliphatic rings. The quantitative estimate of drug-likeness (QED) is 0.605. The second kappa shape index (κ2) is 10.2. The fraction of sp³-hybridized carbons (Fsp3) is 0.812. The Morgan fingerprint density at radius 1 is 1.38 bits per heavy atom. The summed E-state index contributed by atoms with van der Waals surface area (Å²) in [6.45, 7) is 4.46. The minimum absolute atomic E-state index is 0. The SMILES string of the molecule is CC(OC1CCCCCC1)C(=O)NCC1=CCNCC1.Cl. The van der Waals surface area contributed by atoms with Crippen molar-refractivity contribution in [2.24, 2.45) is 0 Å². The first kappa shape index (κ1) is 18.5.